The summed E-state index contributed by atoms with van der Waals surface area (Å²) in [5, 5.41) is 0.985. The van der Waals surface area contributed by atoms with Crippen LogP contribution in [-0.4, -0.2) is 10.8 Å². The zero-order chi connectivity index (χ0) is 21.2. The monoisotopic (exact) mass is 428 g/mol. The molecule has 4 heteroatoms. The van der Waals surface area contributed by atoms with E-state index < -0.39 is 0 Å². The Balaban J connectivity index is 1.51. The van der Waals surface area contributed by atoms with E-state index in [1.165, 1.54) is 9.79 Å². The second-order valence-corrected chi connectivity index (χ2v) is 9.06. The maximum absolute atomic E-state index is 13.7. The molecule has 2 aliphatic rings. The molecule has 5 aromatic rings. The minimum atomic E-state index is 0.0389. The number of aromatic nitrogens is 1. The number of fused-ring (bicyclic) bond motifs is 6. The Morgan fingerprint density at radius 2 is 1.31 bits per heavy atom. The van der Waals surface area contributed by atoms with E-state index in [-0.39, 0.29) is 5.78 Å². The lowest BCUT2D eigenvalue weighted by molar-refractivity contribution is 0.104. The smallest absolute Gasteiger partial charge is 0.198 e. The van der Waals surface area contributed by atoms with Crippen LogP contribution in [0.15, 0.2) is 107 Å². The van der Waals surface area contributed by atoms with Crippen molar-refractivity contribution in [2.45, 2.75) is 9.79 Å². The highest BCUT2D eigenvalue weighted by molar-refractivity contribution is 7.99. The highest BCUT2D eigenvalue weighted by atomic mass is 32.2. The molecule has 0 amide bonds. The van der Waals surface area contributed by atoms with Crippen molar-refractivity contribution in [3.63, 3.8) is 0 Å². The Hall–Kier alpha value is -3.89. The maximum Gasteiger partial charge on any atom is 0.198 e. The highest BCUT2D eigenvalue weighted by Gasteiger charge is 2.35. The molecule has 4 aromatic carbocycles. The van der Waals surface area contributed by atoms with Crippen molar-refractivity contribution in [3.8, 4) is 11.3 Å². The first-order chi connectivity index (χ1) is 15.8. The molecule has 1 aromatic heterocycles. The summed E-state index contributed by atoms with van der Waals surface area (Å²) in [6.45, 7) is 0. The van der Waals surface area contributed by atoms with Gasteiger partial charge in [-0.3, -0.25) is 4.79 Å². The lowest BCUT2D eigenvalue weighted by Gasteiger charge is -2.33. The summed E-state index contributed by atoms with van der Waals surface area (Å²) in [6.07, 6.45) is 0. The van der Waals surface area contributed by atoms with Gasteiger partial charge in [0.1, 0.15) is 0 Å². The van der Waals surface area contributed by atoms with Gasteiger partial charge in [-0.1, -0.05) is 66.4 Å². The third kappa shape index (κ3) is 2.38. The number of rotatable bonds is 1. The molecule has 0 N–H and O–H groups in total. The van der Waals surface area contributed by atoms with Crippen molar-refractivity contribution in [3.05, 3.63) is 108 Å². The summed E-state index contributed by atoms with van der Waals surface area (Å²) in [4.78, 5) is 23.2. The lowest BCUT2D eigenvalue weighted by Crippen LogP contribution is -2.17. The topological polar surface area (TPSA) is 33.2 Å². The van der Waals surface area contributed by atoms with Gasteiger partial charge in [-0.15, -0.1) is 0 Å². The third-order valence-electron chi connectivity index (χ3n) is 6.17. The number of nitrogens with zero attached hydrogens (tertiary/aromatic N) is 2. The van der Waals surface area contributed by atoms with Crippen molar-refractivity contribution in [2.24, 2.45) is 0 Å². The lowest BCUT2D eigenvalue weighted by atomic mass is 10.0. The predicted molar refractivity (Wildman–Crippen MR) is 129 cm³/mol. The molecule has 0 atom stereocenters. The van der Waals surface area contributed by atoms with Gasteiger partial charge in [-0.05, 0) is 42.5 Å². The number of pyridine rings is 1. The number of para-hydroxylation sites is 3. The number of hydrogen-bond donors (Lipinski definition) is 0. The van der Waals surface area contributed by atoms with Crippen molar-refractivity contribution in [2.75, 3.05) is 4.90 Å². The quantitative estimate of drug-likeness (QED) is 0.273. The number of anilines is 3. The van der Waals surface area contributed by atoms with E-state index in [9.17, 15) is 4.79 Å². The minimum Gasteiger partial charge on any atom is -0.307 e. The molecule has 0 radical (unpaired) electrons. The SMILES string of the molecule is O=C1c2cc3ccccc3nc2-c2cccc(N3c4ccccc4Sc4ccccc43)c21. The normalized spacial score (nSPS) is 13.5. The van der Waals surface area contributed by atoms with E-state index in [1.54, 1.807) is 11.8 Å². The summed E-state index contributed by atoms with van der Waals surface area (Å²) in [5.74, 6) is 0.0389. The number of carbonyl (C=O) groups is 1. The Morgan fingerprint density at radius 1 is 0.656 bits per heavy atom. The Bertz CT molecular complexity index is 1540. The average molecular weight is 429 g/mol. The fraction of sp³-hybridized carbons (Fsp3) is 0. The van der Waals surface area contributed by atoms with Crippen molar-refractivity contribution >= 4 is 45.5 Å². The number of carbonyl (C=O) groups excluding carboxylic acids is 1. The van der Waals surface area contributed by atoms with Gasteiger partial charge in [0.2, 0.25) is 0 Å². The molecule has 1 aliphatic heterocycles. The van der Waals surface area contributed by atoms with Crippen LogP contribution in [0, 0.1) is 0 Å². The molecule has 0 spiro atoms. The first-order valence-electron chi connectivity index (χ1n) is 10.5. The van der Waals surface area contributed by atoms with Crippen molar-refractivity contribution in [1.82, 2.24) is 4.98 Å². The standard InChI is InChI=1S/C28H16N2OS/c31-28-19-16-17-8-1-2-10-20(17)29-27(19)18-9-7-13-23(26(18)28)30-21-11-3-5-14-24(21)32-25-15-6-4-12-22(25)30/h1-16H. The van der Waals surface area contributed by atoms with E-state index in [0.29, 0.717) is 5.56 Å². The van der Waals surface area contributed by atoms with Crippen LogP contribution in [0.4, 0.5) is 17.1 Å². The summed E-state index contributed by atoms with van der Waals surface area (Å²) < 4.78 is 0. The molecule has 150 valence electrons. The molecule has 0 saturated heterocycles. The van der Waals surface area contributed by atoms with Gasteiger partial charge < -0.3 is 4.90 Å². The summed E-state index contributed by atoms with van der Waals surface area (Å²) >= 11 is 1.76. The van der Waals surface area contributed by atoms with Crippen LogP contribution in [0.5, 0.6) is 0 Å². The molecule has 32 heavy (non-hydrogen) atoms. The van der Waals surface area contributed by atoms with Gasteiger partial charge >= 0.3 is 0 Å². The molecule has 2 heterocycles. The van der Waals surface area contributed by atoms with Crippen LogP contribution < -0.4 is 4.90 Å². The van der Waals surface area contributed by atoms with Crippen LogP contribution in [0.1, 0.15) is 15.9 Å². The van der Waals surface area contributed by atoms with Crippen LogP contribution in [-0.2, 0) is 0 Å². The van der Waals surface area contributed by atoms with Gasteiger partial charge in [0.25, 0.3) is 0 Å². The first-order valence-corrected chi connectivity index (χ1v) is 11.4. The zero-order valence-electron chi connectivity index (χ0n) is 16.9. The summed E-state index contributed by atoms with van der Waals surface area (Å²) in [7, 11) is 0. The molecule has 0 unspecified atom stereocenters. The minimum absolute atomic E-state index is 0.0389. The molecule has 0 saturated carbocycles. The Morgan fingerprint density at radius 3 is 2.09 bits per heavy atom. The molecular formula is C28H16N2OS. The number of hydrogen-bond acceptors (Lipinski definition) is 4. The Labute approximate surface area is 189 Å². The maximum atomic E-state index is 13.7. The molecule has 1 aliphatic carbocycles. The fourth-order valence-electron chi connectivity index (χ4n) is 4.76. The van der Waals surface area contributed by atoms with E-state index in [4.69, 9.17) is 4.98 Å². The Kier molecular flexibility index (Phi) is 3.64. The average Bonchev–Trinajstić information content (AvgIpc) is 3.12. The van der Waals surface area contributed by atoms with Gasteiger partial charge in [0.05, 0.1) is 33.8 Å². The zero-order valence-corrected chi connectivity index (χ0v) is 17.8. The third-order valence-corrected chi connectivity index (χ3v) is 7.30. The van der Waals surface area contributed by atoms with Crippen LogP contribution in [0.25, 0.3) is 22.2 Å². The van der Waals surface area contributed by atoms with Crippen molar-refractivity contribution < 1.29 is 4.79 Å². The number of ketones is 1. The van der Waals surface area contributed by atoms with Gasteiger partial charge in [0.15, 0.2) is 5.78 Å². The molecule has 0 fully saturated rings. The molecular weight excluding hydrogens is 412 g/mol. The van der Waals surface area contributed by atoms with E-state index in [1.807, 2.05) is 60.7 Å². The molecule has 0 bridgehead atoms. The van der Waals surface area contributed by atoms with Crippen LogP contribution in [0.3, 0.4) is 0 Å². The van der Waals surface area contributed by atoms with Crippen LogP contribution >= 0.6 is 11.8 Å². The number of benzene rings is 4. The summed E-state index contributed by atoms with van der Waals surface area (Å²) in [5.41, 5.74) is 7.07. The highest BCUT2D eigenvalue weighted by Crippen LogP contribution is 2.53. The predicted octanol–water partition coefficient (Wildman–Crippen LogP) is 7.38. The largest absolute Gasteiger partial charge is 0.307 e. The van der Waals surface area contributed by atoms with Gasteiger partial charge in [-0.2, -0.15) is 0 Å². The van der Waals surface area contributed by atoms with Crippen LogP contribution in [0.2, 0.25) is 0 Å². The van der Waals surface area contributed by atoms with Gasteiger partial charge in [0, 0.05) is 26.3 Å². The second kappa shape index (κ2) is 6.55. The van der Waals surface area contributed by atoms with E-state index in [0.717, 1.165) is 44.8 Å². The van der Waals surface area contributed by atoms with Crippen molar-refractivity contribution in [1.29, 1.82) is 0 Å². The first kappa shape index (κ1) is 17.8. The van der Waals surface area contributed by atoms with E-state index in [2.05, 4.69) is 41.3 Å². The van der Waals surface area contributed by atoms with E-state index >= 15 is 0 Å². The molecule has 7 rings (SSSR count). The fourth-order valence-corrected chi connectivity index (χ4v) is 5.81. The molecule has 3 nitrogen and oxygen atoms in total. The summed E-state index contributed by atoms with van der Waals surface area (Å²) in [6, 6.07) is 32.8. The second-order valence-electron chi connectivity index (χ2n) is 7.98. The van der Waals surface area contributed by atoms with Gasteiger partial charge in [-0.25, -0.2) is 4.98 Å².